The van der Waals surface area contributed by atoms with Crippen LogP contribution in [0.2, 0.25) is 10.0 Å². The largest absolute Gasteiger partial charge is 0.320 e. The summed E-state index contributed by atoms with van der Waals surface area (Å²) < 4.78 is 0. The summed E-state index contributed by atoms with van der Waals surface area (Å²) in [6.45, 7) is 0. The lowest BCUT2D eigenvalue weighted by atomic mass is 9.97. The first-order valence-corrected chi connectivity index (χ1v) is 6.96. The maximum Gasteiger partial charge on any atom is 0.0753 e. The van der Waals surface area contributed by atoms with Crippen molar-refractivity contribution in [2.75, 3.05) is 0 Å². The second-order valence-corrected chi connectivity index (χ2v) is 5.41. The third-order valence-corrected chi connectivity index (χ3v) is 3.87. The summed E-state index contributed by atoms with van der Waals surface area (Å²) in [5.74, 6) is 0. The first kappa shape index (κ1) is 13.4. The van der Waals surface area contributed by atoms with E-state index in [1.54, 1.807) is 24.4 Å². The molecular formula is C16H12Cl2N2. The van der Waals surface area contributed by atoms with E-state index < -0.39 is 0 Å². The van der Waals surface area contributed by atoms with Crippen LogP contribution >= 0.6 is 23.2 Å². The standard InChI is InChI=1S/C16H12Cl2N2/c17-11-6-7-14(18)13(9-11)15(19)12-5-1-3-10-4-2-8-20-16(10)12/h1-9,15H,19H2. The highest BCUT2D eigenvalue weighted by Crippen LogP contribution is 2.31. The molecule has 0 aliphatic rings. The topological polar surface area (TPSA) is 38.9 Å². The van der Waals surface area contributed by atoms with E-state index in [-0.39, 0.29) is 6.04 Å². The van der Waals surface area contributed by atoms with E-state index in [9.17, 15) is 0 Å². The van der Waals surface area contributed by atoms with Gasteiger partial charge in [-0.15, -0.1) is 0 Å². The van der Waals surface area contributed by atoms with Crippen LogP contribution in [0, 0.1) is 0 Å². The normalized spacial score (nSPS) is 12.6. The lowest BCUT2D eigenvalue weighted by Crippen LogP contribution is -2.13. The minimum atomic E-state index is -0.361. The average Bonchev–Trinajstić information content (AvgIpc) is 2.48. The van der Waals surface area contributed by atoms with Crippen LogP contribution in [0.3, 0.4) is 0 Å². The van der Waals surface area contributed by atoms with Crippen LogP contribution in [0.15, 0.2) is 54.7 Å². The van der Waals surface area contributed by atoms with E-state index in [4.69, 9.17) is 28.9 Å². The van der Waals surface area contributed by atoms with Crippen LogP contribution in [-0.4, -0.2) is 4.98 Å². The van der Waals surface area contributed by atoms with Gasteiger partial charge in [-0.05, 0) is 35.4 Å². The van der Waals surface area contributed by atoms with Crippen LogP contribution in [0.5, 0.6) is 0 Å². The van der Waals surface area contributed by atoms with E-state index in [1.165, 1.54) is 0 Å². The number of pyridine rings is 1. The fourth-order valence-electron chi connectivity index (χ4n) is 2.30. The highest BCUT2D eigenvalue weighted by Gasteiger charge is 2.16. The van der Waals surface area contributed by atoms with Crippen molar-refractivity contribution < 1.29 is 0 Å². The van der Waals surface area contributed by atoms with Gasteiger partial charge in [-0.2, -0.15) is 0 Å². The molecule has 20 heavy (non-hydrogen) atoms. The Balaban J connectivity index is 2.17. The van der Waals surface area contributed by atoms with E-state index in [2.05, 4.69) is 4.98 Å². The monoisotopic (exact) mass is 302 g/mol. The zero-order chi connectivity index (χ0) is 14.1. The van der Waals surface area contributed by atoms with Crippen molar-refractivity contribution in [1.82, 2.24) is 4.98 Å². The highest BCUT2D eigenvalue weighted by molar-refractivity contribution is 6.33. The van der Waals surface area contributed by atoms with Crippen molar-refractivity contribution in [3.8, 4) is 0 Å². The number of hydrogen-bond donors (Lipinski definition) is 1. The molecule has 1 unspecified atom stereocenters. The second-order valence-electron chi connectivity index (χ2n) is 4.57. The quantitative estimate of drug-likeness (QED) is 0.752. The Morgan fingerprint density at radius 2 is 1.75 bits per heavy atom. The molecule has 4 heteroatoms. The maximum absolute atomic E-state index is 6.37. The molecule has 100 valence electrons. The molecule has 2 N–H and O–H groups in total. The lowest BCUT2D eigenvalue weighted by Gasteiger charge is -2.16. The summed E-state index contributed by atoms with van der Waals surface area (Å²) >= 11 is 12.3. The van der Waals surface area contributed by atoms with Crippen molar-refractivity contribution >= 4 is 34.1 Å². The summed E-state index contributed by atoms with van der Waals surface area (Å²) in [6, 6.07) is 14.8. The van der Waals surface area contributed by atoms with Gasteiger partial charge in [0.25, 0.3) is 0 Å². The Kier molecular flexibility index (Phi) is 3.62. The smallest absolute Gasteiger partial charge is 0.0753 e. The summed E-state index contributed by atoms with van der Waals surface area (Å²) in [6.07, 6.45) is 1.76. The molecule has 0 radical (unpaired) electrons. The van der Waals surface area contributed by atoms with Gasteiger partial charge in [-0.3, -0.25) is 4.98 Å². The van der Waals surface area contributed by atoms with Gasteiger partial charge in [0.1, 0.15) is 0 Å². The Morgan fingerprint density at radius 1 is 0.950 bits per heavy atom. The van der Waals surface area contributed by atoms with Gasteiger partial charge < -0.3 is 5.73 Å². The number of hydrogen-bond acceptors (Lipinski definition) is 2. The van der Waals surface area contributed by atoms with Crippen molar-refractivity contribution in [2.45, 2.75) is 6.04 Å². The fourth-order valence-corrected chi connectivity index (χ4v) is 2.71. The zero-order valence-electron chi connectivity index (χ0n) is 10.6. The van der Waals surface area contributed by atoms with Crippen LogP contribution in [0.1, 0.15) is 17.2 Å². The van der Waals surface area contributed by atoms with Crippen LogP contribution in [-0.2, 0) is 0 Å². The number of nitrogens with zero attached hydrogens (tertiary/aromatic N) is 1. The minimum Gasteiger partial charge on any atom is -0.320 e. The van der Waals surface area contributed by atoms with Crippen molar-refractivity contribution in [3.05, 3.63) is 75.9 Å². The molecule has 2 nitrogen and oxygen atoms in total. The van der Waals surface area contributed by atoms with E-state index >= 15 is 0 Å². The Bertz CT molecular complexity index is 766. The van der Waals surface area contributed by atoms with Crippen LogP contribution in [0.4, 0.5) is 0 Å². The molecule has 0 bridgehead atoms. The molecule has 0 saturated carbocycles. The third kappa shape index (κ3) is 2.38. The molecule has 3 rings (SSSR count). The molecule has 3 aromatic rings. The molecule has 0 saturated heterocycles. The van der Waals surface area contributed by atoms with Crippen molar-refractivity contribution in [3.63, 3.8) is 0 Å². The molecule has 0 aliphatic heterocycles. The van der Waals surface area contributed by atoms with Gasteiger partial charge in [-0.1, -0.05) is 47.5 Å². The Morgan fingerprint density at radius 3 is 2.60 bits per heavy atom. The Labute approximate surface area is 127 Å². The predicted octanol–water partition coefficient (Wildman–Crippen LogP) is 4.59. The minimum absolute atomic E-state index is 0.361. The van der Waals surface area contributed by atoms with Crippen molar-refractivity contribution in [1.29, 1.82) is 0 Å². The molecule has 0 spiro atoms. The third-order valence-electron chi connectivity index (χ3n) is 3.29. The van der Waals surface area contributed by atoms with Gasteiger partial charge >= 0.3 is 0 Å². The van der Waals surface area contributed by atoms with Gasteiger partial charge in [0, 0.05) is 21.6 Å². The summed E-state index contributed by atoms with van der Waals surface area (Å²) in [4.78, 5) is 4.42. The second kappa shape index (κ2) is 5.41. The Hall–Kier alpha value is -1.61. The van der Waals surface area contributed by atoms with E-state index in [0.717, 1.165) is 22.0 Å². The van der Waals surface area contributed by atoms with Gasteiger partial charge in [0.05, 0.1) is 11.6 Å². The van der Waals surface area contributed by atoms with Crippen LogP contribution in [0.25, 0.3) is 10.9 Å². The summed E-state index contributed by atoms with van der Waals surface area (Å²) in [7, 11) is 0. The summed E-state index contributed by atoms with van der Waals surface area (Å²) in [5.41, 5.74) is 9.00. The van der Waals surface area contributed by atoms with Gasteiger partial charge in [0.15, 0.2) is 0 Å². The molecule has 1 aromatic heterocycles. The average molecular weight is 303 g/mol. The zero-order valence-corrected chi connectivity index (χ0v) is 12.1. The molecule has 0 amide bonds. The molecule has 1 heterocycles. The molecule has 1 atom stereocenters. The molecular weight excluding hydrogens is 291 g/mol. The van der Waals surface area contributed by atoms with E-state index in [1.807, 2.05) is 30.3 Å². The molecule has 0 aliphatic carbocycles. The molecule has 0 fully saturated rings. The summed E-state index contributed by atoms with van der Waals surface area (Å²) in [5, 5.41) is 2.28. The number of aromatic nitrogens is 1. The highest BCUT2D eigenvalue weighted by atomic mass is 35.5. The van der Waals surface area contributed by atoms with Crippen LogP contribution < -0.4 is 5.73 Å². The first-order chi connectivity index (χ1) is 9.66. The fraction of sp³-hybridized carbons (Fsp3) is 0.0625. The maximum atomic E-state index is 6.37. The number of nitrogens with two attached hydrogens (primary N) is 1. The SMILES string of the molecule is NC(c1cc(Cl)ccc1Cl)c1cccc2cccnc12. The predicted molar refractivity (Wildman–Crippen MR) is 84.2 cm³/mol. The lowest BCUT2D eigenvalue weighted by molar-refractivity contribution is 0.877. The number of benzene rings is 2. The number of halogens is 2. The van der Waals surface area contributed by atoms with Gasteiger partial charge in [-0.25, -0.2) is 0 Å². The van der Waals surface area contributed by atoms with E-state index in [0.29, 0.717) is 10.0 Å². The van der Waals surface area contributed by atoms with Gasteiger partial charge in [0.2, 0.25) is 0 Å². The molecule has 2 aromatic carbocycles. The number of para-hydroxylation sites is 1. The number of rotatable bonds is 2. The first-order valence-electron chi connectivity index (χ1n) is 6.21. The number of fused-ring (bicyclic) bond motifs is 1. The van der Waals surface area contributed by atoms with Crippen molar-refractivity contribution in [2.24, 2.45) is 5.73 Å².